The van der Waals surface area contributed by atoms with Crippen molar-refractivity contribution in [2.24, 2.45) is 0 Å². The molecule has 0 N–H and O–H groups in total. The van der Waals surface area contributed by atoms with Gasteiger partial charge in [-0.3, -0.25) is 9.69 Å². The molecule has 1 aromatic rings. The smallest absolute Gasteiger partial charge is 0.176 e. The zero-order valence-corrected chi connectivity index (χ0v) is 11.6. The molecule has 0 spiro atoms. The molecule has 0 aliphatic carbocycles. The Bertz CT molecular complexity index is 537. The number of hydrogen-bond acceptors (Lipinski definition) is 5. The normalized spacial score (nSPS) is 19.0. The molecule has 5 nitrogen and oxygen atoms in total. The van der Waals surface area contributed by atoms with Crippen LogP contribution in [0.2, 0.25) is 0 Å². The molecule has 19 heavy (non-hydrogen) atoms. The number of rotatable bonds is 4. The summed E-state index contributed by atoms with van der Waals surface area (Å²) in [5.74, 6) is 0.994. The van der Waals surface area contributed by atoms with E-state index in [1.54, 1.807) is 31.4 Å². The van der Waals surface area contributed by atoms with E-state index >= 15 is 0 Å². The molecule has 0 saturated carbocycles. The van der Waals surface area contributed by atoms with Gasteiger partial charge in [-0.25, -0.2) is 8.42 Å². The summed E-state index contributed by atoms with van der Waals surface area (Å²) in [5, 5.41) is 0. The van der Waals surface area contributed by atoms with Crippen LogP contribution in [-0.4, -0.2) is 57.4 Å². The monoisotopic (exact) mass is 283 g/mol. The number of sulfone groups is 1. The van der Waals surface area contributed by atoms with Gasteiger partial charge in [-0.2, -0.15) is 0 Å². The third kappa shape index (κ3) is 3.78. The second kappa shape index (κ2) is 5.71. The van der Waals surface area contributed by atoms with Crippen LogP contribution in [0, 0.1) is 0 Å². The first-order chi connectivity index (χ1) is 9.00. The Labute approximate surface area is 113 Å². The Kier molecular flexibility index (Phi) is 4.21. The third-order valence-electron chi connectivity index (χ3n) is 3.22. The van der Waals surface area contributed by atoms with Crippen molar-refractivity contribution in [3.63, 3.8) is 0 Å². The largest absolute Gasteiger partial charge is 0.497 e. The van der Waals surface area contributed by atoms with E-state index < -0.39 is 9.84 Å². The fraction of sp³-hybridized carbons (Fsp3) is 0.462. The van der Waals surface area contributed by atoms with Crippen LogP contribution in [0.5, 0.6) is 5.75 Å². The highest BCUT2D eigenvalue weighted by atomic mass is 32.2. The molecule has 1 fully saturated rings. The highest BCUT2D eigenvalue weighted by Gasteiger charge is 2.23. The first-order valence-electron chi connectivity index (χ1n) is 6.10. The van der Waals surface area contributed by atoms with Gasteiger partial charge >= 0.3 is 0 Å². The van der Waals surface area contributed by atoms with Crippen molar-refractivity contribution in [1.29, 1.82) is 0 Å². The average molecular weight is 283 g/mol. The number of Topliss-reactive ketones (excluding diaryl/α,β-unsaturated/α-hetero) is 1. The van der Waals surface area contributed by atoms with Gasteiger partial charge < -0.3 is 4.74 Å². The summed E-state index contributed by atoms with van der Waals surface area (Å²) in [6.07, 6.45) is 0. The Balaban J connectivity index is 1.94. The van der Waals surface area contributed by atoms with Crippen LogP contribution in [0.3, 0.4) is 0 Å². The van der Waals surface area contributed by atoms with E-state index in [-0.39, 0.29) is 23.8 Å². The second-order valence-corrected chi connectivity index (χ2v) is 6.88. The van der Waals surface area contributed by atoms with Crippen LogP contribution < -0.4 is 4.74 Å². The molecule has 0 amide bonds. The molecular weight excluding hydrogens is 266 g/mol. The van der Waals surface area contributed by atoms with Gasteiger partial charge in [0, 0.05) is 18.7 Å². The van der Waals surface area contributed by atoms with Crippen molar-refractivity contribution in [1.82, 2.24) is 4.90 Å². The van der Waals surface area contributed by atoms with Crippen molar-refractivity contribution in [2.45, 2.75) is 0 Å². The van der Waals surface area contributed by atoms with Crippen molar-refractivity contribution in [2.75, 3.05) is 38.2 Å². The molecule has 0 unspecified atom stereocenters. The summed E-state index contributed by atoms with van der Waals surface area (Å²) in [6, 6.07) is 6.94. The van der Waals surface area contributed by atoms with Crippen molar-refractivity contribution >= 4 is 15.6 Å². The van der Waals surface area contributed by atoms with Crippen LogP contribution in [0.25, 0.3) is 0 Å². The number of hydrogen-bond donors (Lipinski definition) is 0. The molecule has 1 aromatic carbocycles. The van der Waals surface area contributed by atoms with E-state index in [1.807, 2.05) is 4.90 Å². The SMILES string of the molecule is COc1ccc(C(=O)CN2CCS(=O)(=O)CC2)cc1. The lowest BCUT2D eigenvalue weighted by Crippen LogP contribution is -2.42. The fourth-order valence-electron chi connectivity index (χ4n) is 1.98. The molecule has 6 heteroatoms. The molecule has 0 radical (unpaired) electrons. The van der Waals surface area contributed by atoms with Gasteiger partial charge in [0.15, 0.2) is 15.6 Å². The number of methoxy groups -OCH3 is 1. The zero-order chi connectivity index (χ0) is 13.9. The molecule has 1 aliphatic rings. The van der Waals surface area contributed by atoms with Crippen molar-refractivity contribution in [3.05, 3.63) is 29.8 Å². The molecular formula is C13H17NO4S. The van der Waals surface area contributed by atoms with Crippen molar-refractivity contribution in [3.8, 4) is 5.75 Å². The fourth-order valence-corrected chi connectivity index (χ4v) is 3.26. The van der Waals surface area contributed by atoms with E-state index in [2.05, 4.69) is 0 Å². The lowest BCUT2D eigenvalue weighted by Gasteiger charge is -2.25. The van der Waals surface area contributed by atoms with Crippen LogP contribution in [0.15, 0.2) is 24.3 Å². The molecule has 2 rings (SSSR count). The summed E-state index contributed by atoms with van der Waals surface area (Å²) in [6.45, 7) is 1.14. The van der Waals surface area contributed by atoms with Crippen LogP contribution in [0.4, 0.5) is 0 Å². The summed E-state index contributed by atoms with van der Waals surface area (Å²) in [4.78, 5) is 13.9. The summed E-state index contributed by atoms with van der Waals surface area (Å²) < 4.78 is 27.6. The Morgan fingerprint density at radius 1 is 1.21 bits per heavy atom. The van der Waals surface area contributed by atoms with E-state index in [4.69, 9.17) is 4.74 Å². The van der Waals surface area contributed by atoms with E-state index in [1.165, 1.54) is 0 Å². The minimum atomic E-state index is -2.89. The Hall–Kier alpha value is -1.40. The minimum Gasteiger partial charge on any atom is -0.497 e. The number of nitrogens with zero attached hydrogens (tertiary/aromatic N) is 1. The molecule has 0 bridgehead atoms. The summed E-state index contributed by atoms with van der Waals surface area (Å²) in [7, 11) is -1.32. The van der Waals surface area contributed by atoms with E-state index in [0.717, 1.165) is 0 Å². The number of ketones is 1. The average Bonchev–Trinajstić information content (AvgIpc) is 2.41. The minimum absolute atomic E-state index is 0.00181. The summed E-state index contributed by atoms with van der Waals surface area (Å²) >= 11 is 0. The highest BCUT2D eigenvalue weighted by molar-refractivity contribution is 7.91. The van der Waals surface area contributed by atoms with E-state index in [9.17, 15) is 13.2 Å². The number of carbonyl (C=O) groups is 1. The van der Waals surface area contributed by atoms with Gasteiger partial charge in [0.2, 0.25) is 0 Å². The second-order valence-electron chi connectivity index (χ2n) is 4.58. The predicted molar refractivity (Wildman–Crippen MR) is 72.4 cm³/mol. The van der Waals surface area contributed by atoms with Crippen LogP contribution >= 0.6 is 0 Å². The highest BCUT2D eigenvalue weighted by Crippen LogP contribution is 2.13. The van der Waals surface area contributed by atoms with Gasteiger partial charge in [-0.15, -0.1) is 0 Å². The van der Waals surface area contributed by atoms with Crippen molar-refractivity contribution < 1.29 is 17.9 Å². The molecule has 1 saturated heterocycles. The maximum atomic E-state index is 12.0. The topological polar surface area (TPSA) is 63.7 Å². The molecule has 0 aromatic heterocycles. The molecule has 104 valence electrons. The standard InChI is InChI=1S/C13H17NO4S/c1-18-12-4-2-11(3-5-12)13(15)10-14-6-8-19(16,17)9-7-14/h2-5H,6-10H2,1H3. The van der Waals surface area contributed by atoms with Gasteiger partial charge in [-0.05, 0) is 24.3 Å². The lowest BCUT2D eigenvalue weighted by atomic mass is 10.1. The molecule has 1 aliphatic heterocycles. The summed E-state index contributed by atoms with van der Waals surface area (Å²) in [5.41, 5.74) is 0.620. The van der Waals surface area contributed by atoms with Gasteiger partial charge in [-0.1, -0.05) is 0 Å². The number of benzene rings is 1. The van der Waals surface area contributed by atoms with Gasteiger partial charge in [0.1, 0.15) is 5.75 Å². The maximum Gasteiger partial charge on any atom is 0.176 e. The molecule has 1 heterocycles. The Morgan fingerprint density at radius 2 is 1.79 bits per heavy atom. The van der Waals surface area contributed by atoms with Gasteiger partial charge in [0.05, 0.1) is 25.2 Å². The first kappa shape index (κ1) is 14.0. The lowest BCUT2D eigenvalue weighted by molar-refractivity contribution is 0.0936. The quantitative estimate of drug-likeness (QED) is 0.758. The maximum absolute atomic E-state index is 12.0. The third-order valence-corrected chi connectivity index (χ3v) is 4.83. The van der Waals surface area contributed by atoms with E-state index in [0.29, 0.717) is 24.4 Å². The van der Waals surface area contributed by atoms with Crippen LogP contribution in [0.1, 0.15) is 10.4 Å². The Morgan fingerprint density at radius 3 is 2.32 bits per heavy atom. The van der Waals surface area contributed by atoms with Crippen LogP contribution in [-0.2, 0) is 9.84 Å². The predicted octanol–water partition coefficient (Wildman–Crippen LogP) is 0.608. The van der Waals surface area contributed by atoms with Gasteiger partial charge in [0.25, 0.3) is 0 Å². The first-order valence-corrected chi connectivity index (χ1v) is 7.92. The number of carbonyl (C=O) groups excluding carboxylic acids is 1. The molecule has 0 atom stereocenters. The number of ether oxygens (including phenoxy) is 1. The zero-order valence-electron chi connectivity index (χ0n) is 10.8.